The van der Waals surface area contributed by atoms with Gasteiger partial charge in [0.05, 0.1) is 15.8 Å². The maximum Gasteiger partial charge on any atom is 0.416 e. The van der Waals surface area contributed by atoms with Crippen LogP contribution in [0.2, 0.25) is 0 Å². The van der Waals surface area contributed by atoms with Gasteiger partial charge in [-0.3, -0.25) is 9.78 Å². The maximum absolute atomic E-state index is 12.8. The van der Waals surface area contributed by atoms with Crippen molar-refractivity contribution in [3.05, 3.63) is 88.7 Å². The van der Waals surface area contributed by atoms with Gasteiger partial charge in [-0.15, -0.1) is 11.3 Å². The number of hydrogen-bond acceptors (Lipinski definition) is 3. The monoisotopic (exact) mass is 429 g/mol. The molecule has 0 saturated heterocycles. The van der Waals surface area contributed by atoms with E-state index in [0.717, 1.165) is 28.0 Å². The molecule has 0 aliphatic carbocycles. The molecule has 0 aliphatic heterocycles. The summed E-state index contributed by atoms with van der Waals surface area (Å²) in [5, 5.41) is 4.84. The molecule has 4 nitrogen and oxygen atoms in total. The summed E-state index contributed by atoms with van der Waals surface area (Å²) >= 11 is 1.52. The zero-order valence-corrected chi connectivity index (χ0v) is 16.6. The van der Waals surface area contributed by atoms with Gasteiger partial charge in [-0.05, 0) is 47.3 Å². The van der Waals surface area contributed by atoms with Crippen molar-refractivity contribution in [3.8, 4) is 0 Å². The minimum Gasteiger partial charge on any atom is -0.350 e. The first-order valence-electron chi connectivity index (χ1n) is 9.33. The normalized spacial score (nSPS) is 11.7. The summed E-state index contributed by atoms with van der Waals surface area (Å²) in [5.41, 5.74) is 2.26. The Balaban J connectivity index is 1.52. The highest BCUT2D eigenvalue weighted by molar-refractivity contribution is 7.17. The van der Waals surface area contributed by atoms with Crippen molar-refractivity contribution in [1.82, 2.24) is 14.9 Å². The molecule has 0 atom stereocenters. The fourth-order valence-corrected chi connectivity index (χ4v) is 4.08. The molecule has 8 heteroatoms. The Bertz CT molecular complexity index is 1150. The number of thiophene rings is 1. The SMILES string of the molecule is O=C(NCCc1ccccn1)c1cc2sccc2n1Cc1ccc(C(F)(F)F)cc1. The van der Waals surface area contributed by atoms with Crippen LogP contribution in [0, 0.1) is 0 Å². The smallest absolute Gasteiger partial charge is 0.350 e. The van der Waals surface area contributed by atoms with Crippen LogP contribution in [0.3, 0.4) is 0 Å². The van der Waals surface area contributed by atoms with Crippen molar-refractivity contribution in [2.75, 3.05) is 6.54 Å². The van der Waals surface area contributed by atoms with E-state index in [1.807, 2.05) is 40.3 Å². The van der Waals surface area contributed by atoms with Crippen molar-refractivity contribution in [3.63, 3.8) is 0 Å². The lowest BCUT2D eigenvalue weighted by Crippen LogP contribution is -2.28. The van der Waals surface area contributed by atoms with Crippen molar-refractivity contribution in [2.24, 2.45) is 0 Å². The van der Waals surface area contributed by atoms with E-state index < -0.39 is 11.7 Å². The third-order valence-electron chi connectivity index (χ3n) is 4.77. The number of carbonyl (C=O) groups excluding carboxylic acids is 1. The summed E-state index contributed by atoms with van der Waals surface area (Å²) in [6.45, 7) is 0.746. The summed E-state index contributed by atoms with van der Waals surface area (Å²) in [7, 11) is 0. The first-order chi connectivity index (χ1) is 14.4. The standard InChI is InChI=1S/C22H18F3N3OS/c23-22(24,25)16-6-4-15(5-7-16)14-28-18-9-12-30-20(18)13-19(28)21(29)27-11-8-17-3-1-2-10-26-17/h1-7,9-10,12-13H,8,11,14H2,(H,27,29). The Labute approximate surface area is 175 Å². The van der Waals surface area contributed by atoms with Crippen molar-refractivity contribution < 1.29 is 18.0 Å². The number of nitrogens with one attached hydrogen (secondary N) is 1. The number of halogens is 3. The van der Waals surface area contributed by atoms with Gasteiger partial charge in [-0.2, -0.15) is 13.2 Å². The second-order valence-corrected chi connectivity index (χ2v) is 7.76. The number of rotatable bonds is 6. The minimum absolute atomic E-state index is 0.221. The van der Waals surface area contributed by atoms with E-state index >= 15 is 0 Å². The number of nitrogens with zero attached hydrogens (tertiary/aromatic N) is 2. The van der Waals surface area contributed by atoms with Crippen molar-refractivity contribution >= 4 is 27.5 Å². The van der Waals surface area contributed by atoms with Crippen molar-refractivity contribution in [1.29, 1.82) is 0 Å². The topological polar surface area (TPSA) is 46.9 Å². The summed E-state index contributed by atoms with van der Waals surface area (Å²) < 4.78 is 41.2. The average molecular weight is 429 g/mol. The summed E-state index contributed by atoms with van der Waals surface area (Å²) in [5.74, 6) is -0.221. The second kappa shape index (κ2) is 8.31. The maximum atomic E-state index is 12.8. The Morgan fingerprint density at radius 3 is 2.60 bits per heavy atom. The van der Waals surface area contributed by atoms with Crippen LogP contribution in [-0.4, -0.2) is 22.0 Å². The molecule has 3 heterocycles. The van der Waals surface area contributed by atoms with Crippen LogP contribution in [0.15, 0.2) is 66.2 Å². The Hall–Kier alpha value is -3.13. The molecular formula is C22H18F3N3OS. The van der Waals surface area contributed by atoms with E-state index in [2.05, 4.69) is 10.3 Å². The van der Waals surface area contributed by atoms with Gasteiger partial charge in [0, 0.05) is 31.4 Å². The lowest BCUT2D eigenvalue weighted by Gasteiger charge is -2.12. The summed E-state index contributed by atoms with van der Waals surface area (Å²) in [6.07, 6.45) is -2.05. The zero-order valence-electron chi connectivity index (χ0n) is 15.8. The molecule has 0 unspecified atom stereocenters. The van der Waals surface area contributed by atoms with Gasteiger partial charge in [-0.25, -0.2) is 0 Å². The second-order valence-electron chi connectivity index (χ2n) is 6.81. The molecule has 0 bridgehead atoms. The van der Waals surface area contributed by atoms with Gasteiger partial charge in [-0.1, -0.05) is 18.2 Å². The Morgan fingerprint density at radius 2 is 1.90 bits per heavy atom. The third-order valence-corrected chi connectivity index (χ3v) is 5.62. The molecule has 0 aliphatic rings. The number of benzene rings is 1. The lowest BCUT2D eigenvalue weighted by atomic mass is 10.1. The number of pyridine rings is 1. The van der Waals surface area contributed by atoms with E-state index in [4.69, 9.17) is 0 Å². The molecule has 30 heavy (non-hydrogen) atoms. The zero-order chi connectivity index (χ0) is 21.1. The number of alkyl halides is 3. The van der Waals surface area contributed by atoms with Crippen LogP contribution < -0.4 is 5.32 Å². The van der Waals surface area contributed by atoms with Crippen LogP contribution in [0.4, 0.5) is 13.2 Å². The molecule has 0 spiro atoms. The molecule has 154 valence electrons. The molecule has 0 radical (unpaired) electrons. The van der Waals surface area contributed by atoms with E-state index in [1.165, 1.54) is 23.5 Å². The number of aromatic nitrogens is 2. The fourth-order valence-electron chi connectivity index (χ4n) is 3.26. The fraction of sp³-hybridized carbons (Fsp3) is 0.182. The lowest BCUT2D eigenvalue weighted by molar-refractivity contribution is -0.137. The summed E-state index contributed by atoms with van der Waals surface area (Å²) in [4.78, 5) is 17.0. The van der Waals surface area contributed by atoms with Crippen LogP contribution in [0.5, 0.6) is 0 Å². The molecule has 0 fully saturated rings. The highest BCUT2D eigenvalue weighted by Crippen LogP contribution is 2.30. The molecular weight excluding hydrogens is 411 g/mol. The van der Waals surface area contributed by atoms with Gasteiger partial charge in [0.15, 0.2) is 0 Å². The van der Waals surface area contributed by atoms with Crippen LogP contribution in [0.25, 0.3) is 10.2 Å². The minimum atomic E-state index is -4.37. The molecule has 1 amide bonds. The van der Waals surface area contributed by atoms with Gasteiger partial charge in [0.1, 0.15) is 5.69 Å². The molecule has 4 rings (SSSR count). The van der Waals surface area contributed by atoms with Gasteiger partial charge < -0.3 is 9.88 Å². The van der Waals surface area contributed by atoms with Crippen molar-refractivity contribution in [2.45, 2.75) is 19.1 Å². The summed E-state index contributed by atoms with van der Waals surface area (Å²) in [6, 6.07) is 14.4. The number of fused-ring (bicyclic) bond motifs is 1. The third kappa shape index (κ3) is 4.38. The average Bonchev–Trinajstić information content (AvgIpc) is 3.31. The number of amides is 1. The predicted octanol–water partition coefficient (Wildman–Crippen LogP) is 5.14. The van der Waals surface area contributed by atoms with E-state index in [-0.39, 0.29) is 5.91 Å². The first kappa shape index (κ1) is 20.2. The molecule has 1 N–H and O–H groups in total. The van der Waals surface area contributed by atoms with E-state index in [1.54, 1.807) is 6.20 Å². The highest BCUT2D eigenvalue weighted by atomic mass is 32.1. The highest BCUT2D eigenvalue weighted by Gasteiger charge is 2.30. The first-order valence-corrected chi connectivity index (χ1v) is 10.2. The van der Waals surface area contributed by atoms with Gasteiger partial charge in [0.25, 0.3) is 5.91 Å². The largest absolute Gasteiger partial charge is 0.416 e. The van der Waals surface area contributed by atoms with Gasteiger partial charge in [0.2, 0.25) is 0 Å². The predicted molar refractivity (Wildman–Crippen MR) is 111 cm³/mol. The van der Waals surface area contributed by atoms with Crippen LogP contribution >= 0.6 is 11.3 Å². The quantitative estimate of drug-likeness (QED) is 0.462. The molecule has 4 aromatic rings. The van der Waals surface area contributed by atoms with E-state index in [0.29, 0.717) is 30.8 Å². The van der Waals surface area contributed by atoms with E-state index in [9.17, 15) is 18.0 Å². The Kier molecular flexibility index (Phi) is 5.59. The van der Waals surface area contributed by atoms with Gasteiger partial charge >= 0.3 is 6.18 Å². The molecule has 0 saturated carbocycles. The number of hydrogen-bond donors (Lipinski definition) is 1. The molecule has 1 aromatic carbocycles. The Morgan fingerprint density at radius 1 is 1.10 bits per heavy atom. The number of carbonyl (C=O) groups is 1. The van der Waals surface area contributed by atoms with Crippen LogP contribution in [-0.2, 0) is 19.1 Å². The molecule has 3 aromatic heterocycles. The van der Waals surface area contributed by atoms with Crippen LogP contribution in [0.1, 0.15) is 27.3 Å².